The Balaban J connectivity index is 2.13. The van der Waals surface area contributed by atoms with E-state index < -0.39 is 5.82 Å². The normalized spacial score (nSPS) is 14.2. The van der Waals surface area contributed by atoms with Gasteiger partial charge in [0.25, 0.3) is 0 Å². The number of hydrogen-bond donors (Lipinski definition) is 0. The van der Waals surface area contributed by atoms with Gasteiger partial charge in [0.15, 0.2) is 5.78 Å². The lowest BCUT2D eigenvalue weighted by Gasteiger charge is -2.10. The number of aromatic nitrogens is 1. The third-order valence-corrected chi connectivity index (χ3v) is 3.92. The summed E-state index contributed by atoms with van der Waals surface area (Å²) in [7, 11) is 0. The second-order valence-corrected chi connectivity index (χ2v) is 5.73. The highest BCUT2D eigenvalue weighted by molar-refractivity contribution is 6.29. The van der Waals surface area contributed by atoms with Gasteiger partial charge in [0.05, 0.1) is 0 Å². The van der Waals surface area contributed by atoms with Crippen LogP contribution in [0.15, 0.2) is 30.3 Å². The summed E-state index contributed by atoms with van der Waals surface area (Å²) in [4.78, 5) is 16.4. The van der Waals surface area contributed by atoms with Crippen LogP contribution in [-0.2, 0) is 0 Å². The van der Waals surface area contributed by atoms with Crippen molar-refractivity contribution in [3.05, 3.63) is 52.6 Å². The number of nitrogens with zero attached hydrogens (tertiary/aromatic N) is 1. The van der Waals surface area contributed by atoms with Gasteiger partial charge < -0.3 is 0 Å². The molecule has 1 aliphatic rings. The Morgan fingerprint density at radius 3 is 2.76 bits per heavy atom. The molecule has 0 unspecified atom stereocenters. The van der Waals surface area contributed by atoms with Crippen LogP contribution in [0.2, 0.25) is 5.15 Å². The minimum atomic E-state index is -0.405. The molecule has 1 saturated carbocycles. The average Bonchev–Trinajstić information content (AvgIpc) is 3.30. The number of rotatable bonds is 4. The third-order valence-electron chi connectivity index (χ3n) is 3.72. The standard InChI is InChI=1S/C17H15ClFNO/c1-2-16(21)14-9-12(19)5-6-13(14)11-7-15(10-3-4-10)20-17(18)8-11/h5-10H,2-4H2,1H3. The summed E-state index contributed by atoms with van der Waals surface area (Å²) in [6.07, 6.45) is 2.58. The van der Waals surface area contributed by atoms with Crippen LogP contribution < -0.4 is 0 Å². The Labute approximate surface area is 128 Å². The lowest BCUT2D eigenvalue weighted by molar-refractivity contribution is 0.0988. The first-order chi connectivity index (χ1) is 10.1. The summed E-state index contributed by atoms with van der Waals surface area (Å²) >= 11 is 6.10. The minimum Gasteiger partial charge on any atom is -0.294 e. The first kappa shape index (κ1) is 14.2. The van der Waals surface area contributed by atoms with Crippen molar-refractivity contribution in [2.24, 2.45) is 0 Å². The zero-order chi connectivity index (χ0) is 15.0. The predicted octanol–water partition coefficient (Wildman–Crippen LogP) is 5.01. The van der Waals surface area contributed by atoms with Crippen LogP contribution >= 0.6 is 11.6 Å². The Morgan fingerprint density at radius 2 is 2.10 bits per heavy atom. The summed E-state index contributed by atoms with van der Waals surface area (Å²) in [6, 6.07) is 8.00. The highest BCUT2D eigenvalue weighted by Crippen LogP contribution is 2.41. The van der Waals surface area contributed by atoms with E-state index in [1.165, 1.54) is 12.1 Å². The molecule has 1 aromatic carbocycles. The van der Waals surface area contributed by atoms with Gasteiger partial charge in [-0.2, -0.15) is 0 Å². The van der Waals surface area contributed by atoms with E-state index in [-0.39, 0.29) is 5.78 Å². The molecule has 4 heteroatoms. The fourth-order valence-corrected chi connectivity index (χ4v) is 2.67. The molecule has 0 saturated heterocycles. The van der Waals surface area contributed by atoms with Gasteiger partial charge in [0, 0.05) is 23.6 Å². The summed E-state index contributed by atoms with van der Waals surface area (Å²) in [6.45, 7) is 1.77. The summed E-state index contributed by atoms with van der Waals surface area (Å²) < 4.78 is 13.5. The van der Waals surface area contributed by atoms with Crippen LogP contribution in [0.4, 0.5) is 4.39 Å². The predicted molar refractivity (Wildman–Crippen MR) is 81.2 cm³/mol. The number of pyridine rings is 1. The van der Waals surface area contributed by atoms with Crippen molar-refractivity contribution in [2.75, 3.05) is 0 Å². The molecule has 0 atom stereocenters. The van der Waals surface area contributed by atoms with Crippen molar-refractivity contribution >= 4 is 17.4 Å². The molecule has 1 heterocycles. The zero-order valence-electron chi connectivity index (χ0n) is 11.7. The molecule has 2 nitrogen and oxygen atoms in total. The minimum absolute atomic E-state index is 0.0783. The van der Waals surface area contributed by atoms with E-state index >= 15 is 0 Å². The highest BCUT2D eigenvalue weighted by atomic mass is 35.5. The van der Waals surface area contributed by atoms with Gasteiger partial charge in [0.2, 0.25) is 0 Å². The second-order valence-electron chi connectivity index (χ2n) is 5.34. The fourth-order valence-electron chi connectivity index (χ4n) is 2.45. The topological polar surface area (TPSA) is 30.0 Å². The van der Waals surface area contributed by atoms with Gasteiger partial charge in [-0.1, -0.05) is 24.6 Å². The Kier molecular flexibility index (Phi) is 3.77. The van der Waals surface area contributed by atoms with E-state index in [4.69, 9.17) is 11.6 Å². The van der Waals surface area contributed by atoms with Gasteiger partial charge >= 0.3 is 0 Å². The van der Waals surface area contributed by atoms with Gasteiger partial charge in [-0.25, -0.2) is 9.37 Å². The number of carbonyl (C=O) groups excluding carboxylic acids is 1. The van der Waals surface area contributed by atoms with E-state index in [0.29, 0.717) is 23.1 Å². The first-order valence-corrected chi connectivity index (χ1v) is 7.47. The summed E-state index contributed by atoms with van der Waals surface area (Å²) in [5.41, 5.74) is 2.90. The van der Waals surface area contributed by atoms with Crippen molar-refractivity contribution < 1.29 is 9.18 Å². The lowest BCUT2D eigenvalue weighted by Crippen LogP contribution is -2.01. The Hall–Kier alpha value is -1.74. The second kappa shape index (κ2) is 5.57. The maximum Gasteiger partial charge on any atom is 0.163 e. The van der Waals surface area contributed by atoms with E-state index in [9.17, 15) is 9.18 Å². The van der Waals surface area contributed by atoms with Gasteiger partial charge in [-0.3, -0.25) is 4.79 Å². The monoisotopic (exact) mass is 303 g/mol. The van der Waals surface area contributed by atoms with Crippen molar-refractivity contribution in [1.82, 2.24) is 4.98 Å². The molecule has 1 aromatic heterocycles. The molecule has 0 aliphatic heterocycles. The maximum atomic E-state index is 13.5. The van der Waals surface area contributed by atoms with Crippen molar-refractivity contribution in [3.8, 4) is 11.1 Å². The van der Waals surface area contributed by atoms with Crippen LogP contribution in [0.5, 0.6) is 0 Å². The first-order valence-electron chi connectivity index (χ1n) is 7.09. The molecule has 1 fully saturated rings. The quantitative estimate of drug-likeness (QED) is 0.587. The van der Waals surface area contributed by atoms with Crippen LogP contribution in [-0.4, -0.2) is 10.8 Å². The van der Waals surface area contributed by atoms with E-state index in [1.54, 1.807) is 19.1 Å². The van der Waals surface area contributed by atoms with E-state index in [2.05, 4.69) is 4.98 Å². The SMILES string of the molecule is CCC(=O)c1cc(F)ccc1-c1cc(Cl)nc(C2CC2)c1. The molecule has 0 amide bonds. The van der Waals surface area contributed by atoms with Crippen LogP contribution in [0, 0.1) is 5.82 Å². The number of benzene rings is 1. The number of hydrogen-bond acceptors (Lipinski definition) is 2. The number of ketones is 1. The molecule has 0 bridgehead atoms. The molecular formula is C17H15ClFNO. The van der Waals surface area contributed by atoms with Gasteiger partial charge in [-0.05, 0) is 48.2 Å². The number of halogens is 2. The van der Waals surface area contributed by atoms with Crippen LogP contribution in [0.1, 0.15) is 48.2 Å². The molecule has 0 radical (unpaired) electrons. The highest BCUT2D eigenvalue weighted by Gasteiger charge is 2.26. The molecule has 0 N–H and O–H groups in total. The number of carbonyl (C=O) groups is 1. The van der Waals surface area contributed by atoms with E-state index in [1.807, 2.05) is 6.07 Å². The summed E-state index contributed by atoms with van der Waals surface area (Å²) in [5, 5.41) is 0.411. The lowest BCUT2D eigenvalue weighted by atomic mass is 9.95. The molecule has 0 spiro atoms. The molecule has 21 heavy (non-hydrogen) atoms. The van der Waals surface area contributed by atoms with Crippen LogP contribution in [0.3, 0.4) is 0 Å². The molecule has 3 rings (SSSR count). The van der Waals surface area contributed by atoms with Crippen molar-refractivity contribution in [3.63, 3.8) is 0 Å². The smallest absolute Gasteiger partial charge is 0.163 e. The van der Waals surface area contributed by atoms with Crippen LogP contribution in [0.25, 0.3) is 11.1 Å². The Morgan fingerprint density at radius 1 is 1.33 bits per heavy atom. The van der Waals surface area contributed by atoms with Gasteiger partial charge in [0.1, 0.15) is 11.0 Å². The maximum absolute atomic E-state index is 13.5. The van der Waals surface area contributed by atoms with Crippen molar-refractivity contribution in [2.45, 2.75) is 32.1 Å². The van der Waals surface area contributed by atoms with Gasteiger partial charge in [-0.15, -0.1) is 0 Å². The summed E-state index contributed by atoms with van der Waals surface area (Å²) in [5.74, 6) is -0.0169. The molecule has 1 aliphatic carbocycles. The largest absolute Gasteiger partial charge is 0.294 e. The fraction of sp³-hybridized carbons (Fsp3) is 0.294. The van der Waals surface area contributed by atoms with Crippen molar-refractivity contribution in [1.29, 1.82) is 0 Å². The molecule has 108 valence electrons. The molecule has 2 aromatic rings. The average molecular weight is 304 g/mol. The number of Topliss-reactive ketones (excluding diaryl/α,β-unsaturated/α-hetero) is 1. The Bertz CT molecular complexity index is 710. The van der Waals surface area contributed by atoms with E-state index in [0.717, 1.165) is 29.7 Å². The third kappa shape index (κ3) is 2.98. The molecular weight excluding hydrogens is 289 g/mol. The zero-order valence-corrected chi connectivity index (χ0v) is 12.5.